The van der Waals surface area contributed by atoms with Crippen LogP contribution in [-0.2, 0) is 0 Å². The largest absolute Gasteiger partial charge is 0.302 e. The van der Waals surface area contributed by atoms with Crippen LogP contribution in [0.5, 0.6) is 0 Å². The van der Waals surface area contributed by atoms with Crippen molar-refractivity contribution in [3.63, 3.8) is 0 Å². The third-order valence-electron chi connectivity index (χ3n) is 3.09. The van der Waals surface area contributed by atoms with Crippen molar-refractivity contribution in [2.24, 2.45) is 0 Å². The second-order valence-corrected chi connectivity index (χ2v) is 4.75. The SMILES string of the molecule is C#CCCCN1CC(c2ccc(Cl)cc2)C1. The van der Waals surface area contributed by atoms with E-state index in [0.29, 0.717) is 5.92 Å². The van der Waals surface area contributed by atoms with E-state index in [1.165, 1.54) is 5.56 Å². The van der Waals surface area contributed by atoms with Crippen LogP contribution in [0.25, 0.3) is 0 Å². The summed E-state index contributed by atoms with van der Waals surface area (Å²) in [6, 6.07) is 8.20. The molecule has 0 saturated carbocycles. The molecule has 0 aliphatic carbocycles. The van der Waals surface area contributed by atoms with E-state index < -0.39 is 0 Å². The first-order valence-corrected chi connectivity index (χ1v) is 6.08. The zero-order valence-corrected chi connectivity index (χ0v) is 10.1. The average molecular weight is 234 g/mol. The lowest BCUT2D eigenvalue weighted by atomic mass is 9.91. The Kier molecular flexibility index (Phi) is 3.88. The number of halogens is 1. The molecule has 0 spiro atoms. The zero-order valence-electron chi connectivity index (χ0n) is 9.32. The molecule has 0 aromatic heterocycles. The molecule has 1 fully saturated rings. The van der Waals surface area contributed by atoms with E-state index in [1.807, 2.05) is 12.1 Å². The fourth-order valence-electron chi connectivity index (χ4n) is 2.10. The summed E-state index contributed by atoms with van der Waals surface area (Å²) in [6.07, 6.45) is 7.23. The van der Waals surface area contributed by atoms with Gasteiger partial charge in [0.05, 0.1) is 0 Å². The molecule has 2 heteroatoms. The predicted octanol–water partition coefficient (Wildman–Crippen LogP) is 3.15. The van der Waals surface area contributed by atoms with Gasteiger partial charge in [-0.25, -0.2) is 0 Å². The van der Waals surface area contributed by atoms with Crippen molar-refractivity contribution in [3.8, 4) is 12.3 Å². The zero-order chi connectivity index (χ0) is 11.4. The number of hydrogen-bond donors (Lipinski definition) is 0. The van der Waals surface area contributed by atoms with Crippen molar-refractivity contribution >= 4 is 11.6 Å². The molecule has 1 aliphatic rings. The van der Waals surface area contributed by atoms with Gasteiger partial charge in [0.2, 0.25) is 0 Å². The molecule has 0 bridgehead atoms. The van der Waals surface area contributed by atoms with Gasteiger partial charge in [-0.1, -0.05) is 23.7 Å². The first-order chi connectivity index (χ1) is 7.79. The second kappa shape index (κ2) is 5.39. The van der Waals surface area contributed by atoms with Crippen molar-refractivity contribution in [2.75, 3.05) is 19.6 Å². The Labute approximate surface area is 102 Å². The minimum Gasteiger partial charge on any atom is -0.302 e. The van der Waals surface area contributed by atoms with Crippen molar-refractivity contribution in [2.45, 2.75) is 18.8 Å². The van der Waals surface area contributed by atoms with Crippen LogP contribution in [0, 0.1) is 12.3 Å². The normalized spacial score (nSPS) is 16.8. The number of unbranched alkanes of at least 4 members (excludes halogenated alkanes) is 1. The van der Waals surface area contributed by atoms with Crippen LogP contribution < -0.4 is 0 Å². The Morgan fingerprint density at radius 2 is 2.00 bits per heavy atom. The molecule has 0 N–H and O–H groups in total. The summed E-state index contributed by atoms with van der Waals surface area (Å²) in [6.45, 7) is 3.45. The van der Waals surface area contributed by atoms with Crippen LogP contribution >= 0.6 is 11.6 Å². The van der Waals surface area contributed by atoms with Crippen molar-refractivity contribution in [1.82, 2.24) is 4.90 Å². The Morgan fingerprint density at radius 3 is 2.62 bits per heavy atom. The molecule has 16 heavy (non-hydrogen) atoms. The standard InChI is InChI=1S/C14H16ClN/c1-2-3-4-9-16-10-13(11-16)12-5-7-14(15)8-6-12/h1,5-8,13H,3-4,9-11H2. The summed E-state index contributed by atoms with van der Waals surface area (Å²) >= 11 is 5.86. The summed E-state index contributed by atoms with van der Waals surface area (Å²) in [7, 11) is 0. The van der Waals surface area contributed by atoms with Crippen LogP contribution in [0.1, 0.15) is 24.3 Å². The average Bonchev–Trinajstić information content (AvgIpc) is 2.23. The number of nitrogens with zero attached hydrogens (tertiary/aromatic N) is 1. The molecule has 1 nitrogen and oxygen atoms in total. The molecule has 0 unspecified atom stereocenters. The molecular formula is C14H16ClN. The topological polar surface area (TPSA) is 3.24 Å². The molecule has 84 valence electrons. The molecular weight excluding hydrogens is 218 g/mol. The highest BCUT2D eigenvalue weighted by Gasteiger charge is 2.26. The van der Waals surface area contributed by atoms with E-state index in [2.05, 4.69) is 23.0 Å². The molecule has 0 radical (unpaired) electrons. The highest BCUT2D eigenvalue weighted by atomic mass is 35.5. The Bertz CT molecular complexity index is 371. The highest BCUT2D eigenvalue weighted by Crippen LogP contribution is 2.27. The van der Waals surface area contributed by atoms with Gasteiger partial charge in [-0.15, -0.1) is 12.3 Å². The maximum atomic E-state index is 5.86. The molecule has 0 atom stereocenters. The van der Waals surface area contributed by atoms with Gasteiger partial charge in [0, 0.05) is 30.5 Å². The summed E-state index contributed by atoms with van der Waals surface area (Å²) < 4.78 is 0. The van der Waals surface area contributed by atoms with E-state index in [1.54, 1.807) is 0 Å². The smallest absolute Gasteiger partial charge is 0.0406 e. The maximum Gasteiger partial charge on any atom is 0.0406 e. The van der Waals surface area contributed by atoms with Gasteiger partial charge in [-0.2, -0.15) is 0 Å². The first-order valence-electron chi connectivity index (χ1n) is 5.71. The third-order valence-corrected chi connectivity index (χ3v) is 3.35. The van der Waals surface area contributed by atoms with E-state index in [-0.39, 0.29) is 0 Å². The van der Waals surface area contributed by atoms with Crippen LogP contribution in [0.15, 0.2) is 24.3 Å². The lowest BCUT2D eigenvalue weighted by molar-refractivity contribution is 0.147. The van der Waals surface area contributed by atoms with Crippen molar-refractivity contribution in [1.29, 1.82) is 0 Å². The monoisotopic (exact) mass is 233 g/mol. The van der Waals surface area contributed by atoms with Gasteiger partial charge >= 0.3 is 0 Å². The van der Waals surface area contributed by atoms with E-state index in [4.69, 9.17) is 18.0 Å². The number of terminal acetylenes is 1. The Balaban J connectivity index is 1.76. The molecule has 0 amide bonds. The minimum absolute atomic E-state index is 0.683. The summed E-state index contributed by atoms with van der Waals surface area (Å²) in [5.41, 5.74) is 1.40. The summed E-state index contributed by atoms with van der Waals surface area (Å²) in [5.74, 6) is 3.36. The number of likely N-dealkylation sites (tertiary alicyclic amines) is 1. The number of rotatable bonds is 4. The van der Waals surface area contributed by atoms with E-state index in [0.717, 1.165) is 37.5 Å². The highest BCUT2D eigenvalue weighted by molar-refractivity contribution is 6.30. The lowest BCUT2D eigenvalue weighted by Crippen LogP contribution is -2.45. The van der Waals surface area contributed by atoms with E-state index in [9.17, 15) is 0 Å². The lowest BCUT2D eigenvalue weighted by Gasteiger charge is -2.39. The Hall–Kier alpha value is -0.970. The van der Waals surface area contributed by atoms with Crippen LogP contribution in [0.2, 0.25) is 5.02 Å². The first kappa shape index (κ1) is 11.5. The van der Waals surface area contributed by atoms with Gasteiger partial charge < -0.3 is 4.90 Å². The third kappa shape index (κ3) is 2.78. The van der Waals surface area contributed by atoms with Crippen LogP contribution in [0.4, 0.5) is 0 Å². The van der Waals surface area contributed by atoms with Gasteiger partial charge in [-0.3, -0.25) is 0 Å². The molecule has 1 aromatic carbocycles. The number of benzene rings is 1. The minimum atomic E-state index is 0.683. The maximum absolute atomic E-state index is 5.86. The quantitative estimate of drug-likeness (QED) is 0.571. The van der Waals surface area contributed by atoms with Crippen molar-refractivity contribution in [3.05, 3.63) is 34.9 Å². The van der Waals surface area contributed by atoms with Gasteiger partial charge in [0.1, 0.15) is 0 Å². The summed E-state index contributed by atoms with van der Waals surface area (Å²) in [5, 5.41) is 0.814. The number of hydrogen-bond acceptors (Lipinski definition) is 1. The predicted molar refractivity (Wildman–Crippen MR) is 68.7 cm³/mol. The van der Waals surface area contributed by atoms with Gasteiger partial charge in [0.15, 0.2) is 0 Å². The fourth-order valence-corrected chi connectivity index (χ4v) is 2.23. The molecule has 1 saturated heterocycles. The second-order valence-electron chi connectivity index (χ2n) is 4.32. The molecule has 1 heterocycles. The Morgan fingerprint density at radius 1 is 1.31 bits per heavy atom. The molecule has 2 rings (SSSR count). The molecule has 1 aromatic rings. The van der Waals surface area contributed by atoms with Crippen molar-refractivity contribution < 1.29 is 0 Å². The van der Waals surface area contributed by atoms with E-state index >= 15 is 0 Å². The van der Waals surface area contributed by atoms with Gasteiger partial charge in [-0.05, 0) is 30.7 Å². The van der Waals surface area contributed by atoms with Crippen LogP contribution in [-0.4, -0.2) is 24.5 Å². The fraction of sp³-hybridized carbons (Fsp3) is 0.429. The van der Waals surface area contributed by atoms with Crippen LogP contribution in [0.3, 0.4) is 0 Å². The molecule has 1 aliphatic heterocycles. The van der Waals surface area contributed by atoms with Gasteiger partial charge in [0.25, 0.3) is 0 Å². The summed E-state index contributed by atoms with van der Waals surface area (Å²) in [4.78, 5) is 2.45.